The maximum absolute atomic E-state index is 13.1. The third-order valence-corrected chi connectivity index (χ3v) is 8.46. The minimum Gasteiger partial charge on any atom is -0.481 e. The Hall–Kier alpha value is -3.38. The summed E-state index contributed by atoms with van der Waals surface area (Å²) < 4.78 is 10.3. The number of aliphatic carboxylic acids is 1. The van der Waals surface area contributed by atoms with Gasteiger partial charge in [0.05, 0.1) is 20.1 Å². The van der Waals surface area contributed by atoms with Crippen LogP contribution in [0.2, 0.25) is 0 Å². The summed E-state index contributed by atoms with van der Waals surface area (Å²) in [6.07, 6.45) is 7.86. The first-order valence-electron chi connectivity index (χ1n) is 16.4. The van der Waals surface area contributed by atoms with E-state index in [2.05, 4.69) is 10.6 Å². The molecule has 256 valence electrons. The maximum atomic E-state index is 13.1. The molecule has 1 aliphatic carbocycles. The zero-order chi connectivity index (χ0) is 33.6. The van der Waals surface area contributed by atoms with Gasteiger partial charge < -0.3 is 35.0 Å². The number of hydrogen-bond acceptors (Lipinski definition) is 8. The lowest BCUT2D eigenvalue weighted by Gasteiger charge is -2.33. The highest BCUT2D eigenvalue weighted by Gasteiger charge is 2.32. The van der Waals surface area contributed by atoms with Crippen molar-refractivity contribution < 1.29 is 43.3 Å². The first-order chi connectivity index (χ1) is 21.2. The van der Waals surface area contributed by atoms with Gasteiger partial charge in [-0.1, -0.05) is 32.1 Å². The predicted molar refractivity (Wildman–Crippen MR) is 166 cm³/mol. The minimum absolute atomic E-state index is 0.212. The molecule has 2 fully saturated rings. The summed E-state index contributed by atoms with van der Waals surface area (Å²) in [5, 5.41) is 14.4. The smallest absolute Gasteiger partial charge is 0.410 e. The van der Waals surface area contributed by atoms with Crippen molar-refractivity contribution in [3.63, 3.8) is 0 Å². The van der Waals surface area contributed by atoms with Crippen molar-refractivity contribution in [3.8, 4) is 0 Å². The molecule has 1 saturated heterocycles. The maximum Gasteiger partial charge on any atom is 0.410 e. The molecule has 0 spiro atoms. The summed E-state index contributed by atoms with van der Waals surface area (Å²) in [5.41, 5.74) is -0.540. The van der Waals surface area contributed by atoms with Crippen LogP contribution in [-0.2, 0) is 33.4 Å². The predicted octanol–water partition coefficient (Wildman–Crippen LogP) is 3.24. The van der Waals surface area contributed by atoms with Gasteiger partial charge in [-0.3, -0.25) is 19.2 Å². The molecular formula is C32H54N4O9. The lowest BCUT2D eigenvalue weighted by molar-refractivity contribution is -0.146. The number of amides is 4. The molecule has 45 heavy (non-hydrogen) atoms. The van der Waals surface area contributed by atoms with Gasteiger partial charge in [0.1, 0.15) is 17.7 Å². The van der Waals surface area contributed by atoms with Gasteiger partial charge in [-0.05, 0) is 71.6 Å². The van der Waals surface area contributed by atoms with E-state index in [0.717, 1.165) is 51.4 Å². The number of nitrogens with zero attached hydrogens (tertiary/aromatic N) is 2. The number of esters is 1. The Bertz CT molecular complexity index is 1010. The molecule has 1 aliphatic heterocycles. The number of likely N-dealkylation sites (tertiary alicyclic amines) is 1. The Labute approximate surface area is 267 Å². The van der Waals surface area contributed by atoms with Crippen LogP contribution in [0.25, 0.3) is 0 Å². The average Bonchev–Trinajstić information content (AvgIpc) is 2.98. The highest BCUT2D eigenvalue weighted by molar-refractivity contribution is 5.94. The van der Waals surface area contributed by atoms with Crippen LogP contribution in [0.4, 0.5) is 4.79 Å². The van der Waals surface area contributed by atoms with E-state index in [9.17, 15) is 33.9 Å². The van der Waals surface area contributed by atoms with Crippen molar-refractivity contribution in [2.45, 2.75) is 122 Å². The summed E-state index contributed by atoms with van der Waals surface area (Å²) >= 11 is 0. The van der Waals surface area contributed by atoms with Crippen molar-refractivity contribution in [1.29, 1.82) is 0 Å². The monoisotopic (exact) mass is 638 g/mol. The molecule has 13 heteroatoms. The molecule has 2 atom stereocenters. The van der Waals surface area contributed by atoms with Crippen LogP contribution in [0.5, 0.6) is 0 Å². The van der Waals surface area contributed by atoms with Gasteiger partial charge in [-0.15, -0.1) is 0 Å². The molecular weight excluding hydrogens is 584 g/mol. The lowest BCUT2D eigenvalue weighted by Crippen LogP contribution is -2.54. The quantitative estimate of drug-likeness (QED) is 0.228. The third-order valence-electron chi connectivity index (χ3n) is 8.46. The van der Waals surface area contributed by atoms with E-state index in [4.69, 9.17) is 9.47 Å². The van der Waals surface area contributed by atoms with Gasteiger partial charge in [-0.25, -0.2) is 9.59 Å². The molecule has 0 radical (unpaired) electrons. The van der Waals surface area contributed by atoms with Gasteiger partial charge in [0, 0.05) is 26.1 Å². The first kappa shape index (κ1) is 37.8. The fraction of sp³-hybridized carbons (Fsp3) is 0.812. The average molecular weight is 639 g/mol. The zero-order valence-corrected chi connectivity index (χ0v) is 27.7. The Morgan fingerprint density at radius 1 is 0.933 bits per heavy atom. The molecule has 0 aromatic heterocycles. The van der Waals surface area contributed by atoms with E-state index >= 15 is 0 Å². The normalized spacial score (nSPS) is 17.5. The van der Waals surface area contributed by atoms with E-state index in [1.54, 1.807) is 11.8 Å². The Balaban J connectivity index is 1.85. The van der Waals surface area contributed by atoms with Crippen LogP contribution in [0, 0.1) is 11.8 Å². The number of hydrogen-bond donors (Lipinski definition) is 3. The third kappa shape index (κ3) is 14.1. The molecule has 3 N–H and O–H groups in total. The fourth-order valence-electron chi connectivity index (χ4n) is 5.99. The first-order valence-corrected chi connectivity index (χ1v) is 16.4. The second-order valence-corrected chi connectivity index (χ2v) is 13.3. The number of nitrogens with one attached hydrogen (secondary N) is 2. The van der Waals surface area contributed by atoms with Crippen molar-refractivity contribution in [2.75, 3.05) is 33.3 Å². The number of carboxylic acid groups (broad SMARTS) is 1. The molecule has 0 bridgehead atoms. The van der Waals surface area contributed by atoms with Crippen molar-refractivity contribution in [2.24, 2.45) is 11.8 Å². The Morgan fingerprint density at radius 2 is 1.58 bits per heavy atom. The minimum atomic E-state index is -1.42. The van der Waals surface area contributed by atoms with Crippen molar-refractivity contribution >= 4 is 35.8 Å². The Kier molecular flexibility index (Phi) is 15.6. The van der Waals surface area contributed by atoms with Gasteiger partial charge in [0.15, 0.2) is 0 Å². The summed E-state index contributed by atoms with van der Waals surface area (Å²) in [5.74, 6) is -2.95. The van der Waals surface area contributed by atoms with Crippen LogP contribution in [0.15, 0.2) is 0 Å². The SMILES string of the molecule is CCN(CC(=O)N[C@@H](CC(=O)O)C(=O)N[C@@H](CC1CCCCC1)C(=O)OC)C(=O)CCCC1CCN(C(=O)OC(C)(C)C)CC1. The van der Waals surface area contributed by atoms with Crippen LogP contribution in [-0.4, -0.2) is 102 Å². The summed E-state index contributed by atoms with van der Waals surface area (Å²) in [4.78, 5) is 78.2. The molecule has 2 aliphatic rings. The largest absolute Gasteiger partial charge is 0.481 e. The van der Waals surface area contributed by atoms with Gasteiger partial charge in [-0.2, -0.15) is 0 Å². The van der Waals surface area contributed by atoms with Gasteiger partial charge >= 0.3 is 18.0 Å². The number of rotatable bonds is 15. The second kappa shape index (κ2) is 18.6. The molecule has 13 nitrogen and oxygen atoms in total. The summed E-state index contributed by atoms with van der Waals surface area (Å²) in [7, 11) is 1.23. The number of ether oxygens (including phenoxy) is 2. The zero-order valence-electron chi connectivity index (χ0n) is 27.7. The van der Waals surface area contributed by atoms with Crippen LogP contribution >= 0.6 is 0 Å². The number of carbonyl (C=O) groups excluding carboxylic acids is 5. The number of methoxy groups -OCH3 is 1. The Morgan fingerprint density at radius 3 is 2.13 bits per heavy atom. The highest BCUT2D eigenvalue weighted by Crippen LogP contribution is 2.28. The molecule has 2 rings (SSSR count). The summed E-state index contributed by atoms with van der Waals surface area (Å²) in [6, 6.07) is -2.37. The number of piperidine rings is 1. The molecule has 0 unspecified atom stereocenters. The second-order valence-electron chi connectivity index (χ2n) is 13.3. The van der Waals surface area contributed by atoms with E-state index < -0.39 is 47.9 Å². The number of carboxylic acids is 1. The standard InChI is InChI=1S/C32H54N4O9/c1-6-35(27(38)14-10-13-22-15-17-36(18-16-22)31(43)45-32(2,3)4)21-26(37)33-24(20-28(39)40)29(41)34-25(30(42)44-5)19-23-11-8-7-9-12-23/h22-25H,6-21H2,1-5H3,(H,33,37)(H,34,41)(H,39,40)/t24-,25-/m0/s1. The lowest BCUT2D eigenvalue weighted by atomic mass is 9.84. The van der Waals surface area contributed by atoms with E-state index in [0.29, 0.717) is 31.8 Å². The number of carbonyl (C=O) groups is 6. The molecule has 4 amide bonds. The van der Waals surface area contributed by atoms with Crippen LogP contribution < -0.4 is 10.6 Å². The highest BCUT2D eigenvalue weighted by atomic mass is 16.6. The number of likely N-dealkylation sites (N-methyl/N-ethyl adjacent to an activating group) is 1. The fourth-order valence-corrected chi connectivity index (χ4v) is 5.99. The summed E-state index contributed by atoms with van der Waals surface area (Å²) in [6.45, 7) is 8.42. The van der Waals surface area contributed by atoms with Crippen molar-refractivity contribution in [1.82, 2.24) is 20.4 Å². The van der Waals surface area contributed by atoms with E-state index in [1.165, 1.54) is 12.0 Å². The molecule has 0 aromatic rings. The van der Waals surface area contributed by atoms with Gasteiger partial charge in [0.25, 0.3) is 0 Å². The van der Waals surface area contributed by atoms with Crippen LogP contribution in [0.1, 0.15) is 105 Å². The van der Waals surface area contributed by atoms with E-state index in [-0.39, 0.29) is 37.4 Å². The van der Waals surface area contributed by atoms with E-state index in [1.807, 2.05) is 20.8 Å². The molecule has 0 aromatic carbocycles. The molecule has 1 heterocycles. The van der Waals surface area contributed by atoms with Gasteiger partial charge in [0.2, 0.25) is 17.7 Å². The van der Waals surface area contributed by atoms with Crippen LogP contribution in [0.3, 0.4) is 0 Å². The topological polar surface area (TPSA) is 172 Å². The molecule has 1 saturated carbocycles. The van der Waals surface area contributed by atoms with Crippen molar-refractivity contribution in [3.05, 3.63) is 0 Å².